The van der Waals surface area contributed by atoms with Gasteiger partial charge in [-0.3, -0.25) is 0 Å². The van der Waals surface area contributed by atoms with Gasteiger partial charge < -0.3 is 14.7 Å². The third kappa shape index (κ3) is 5.86. The molecular formula is C9H24BNaPSi2. The zero-order valence-corrected chi connectivity index (χ0v) is 16.4. The van der Waals surface area contributed by atoms with E-state index in [1.54, 1.807) is 0 Å². The first-order chi connectivity index (χ1) is 5.37. The van der Waals surface area contributed by atoms with Crippen LogP contribution in [0, 0.1) is 4.91 Å². The van der Waals surface area contributed by atoms with E-state index < -0.39 is 23.3 Å². The van der Waals surface area contributed by atoms with Crippen LogP contribution in [-0.4, -0.2) is 37.0 Å². The number of hydrogen-bond acceptors (Lipinski definition) is 0. The molecule has 14 heavy (non-hydrogen) atoms. The van der Waals surface area contributed by atoms with Crippen molar-refractivity contribution in [1.29, 1.82) is 0 Å². The molecule has 0 bridgehead atoms. The molecule has 0 heterocycles. The molecule has 0 unspecified atom stereocenters. The van der Waals surface area contributed by atoms with Gasteiger partial charge >= 0.3 is 29.6 Å². The molecule has 0 nitrogen and oxygen atoms in total. The Morgan fingerprint density at radius 1 is 0.857 bits per heavy atom. The minimum absolute atomic E-state index is 0. The van der Waals surface area contributed by atoms with Gasteiger partial charge in [-0.2, -0.15) is 0 Å². The van der Waals surface area contributed by atoms with Crippen LogP contribution in [0.1, 0.15) is 0 Å². The van der Waals surface area contributed by atoms with E-state index in [0.717, 1.165) is 0 Å². The van der Waals surface area contributed by atoms with Crippen LogP contribution in [-0.2, 0) is 0 Å². The summed E-state index contributed by atoms with van der Waals surface area (Å²) in [5.41, 5.74) is 0. The molecule has 0 aromatic carbocycles. The third-order valence-electron chi connectivity index (χ3n) is 2.00. The maximum Gasteiger partial charge on any atom is 1.00 e. The Morgan fingerprint density at radius 3 is 1.07 bits per heavy atom. The van der Waals surface area contributed by atoms with Crippen LogP contribution in [0.4, 0.5) is 0 Å². The molecule has 0 atom stereocenters. The predicted octanol–water partition coefficient (Wildman–Crippen LogP) is 0.638. The Bertz CT molecular complexity index is 145. The molecule has 0 aliphatic carbocycles. The average molecular weight is 253 g/mol. The van der Waals surface area contributed by atoms with Gasteiger partial charge in [0, 0.05) is 0 Å². The fraction of sp³-hybridized carbons (Fsp3) is 0.889. The van der Waals surface area contributed by atoms with Gasteiger partial charge in [0.25, 0.3) is 0 Å². The molecule has 0 saturated heterocycles. The van der Waals surface area contributed by atoms with E-state index in [0.29, 0.717) is 0 Å². The molecule has 0 rings (SSSR count). The van der Waals surface area contributed by atoms with E-state index in [9.17, 15) is 0 Å². The Kier molecular flexibility index (Phi) is 7.20. The zero-order chi connectivity index (χ0) is 11.1. The van der Waals surface area contributed by atoms with Crippen molar-refractivity contribution in [3.8, 4) is 0 Å². The Morgan fingerprint density at radius 2 is 1.07 bits per heavy atom. The van der Waals surface area contributed by atoms with Crippen molar-refractivity contribution in [1.82, 2.24) is 0 Å². The number of hydrogen-bond donors (Lipinski definition) is 0. The molecule has 0 fully saturated rings. The molecule has 3 radical (unpaired) electrons. The summed E-state index contributed by atoms with van der Waals surface area (Å²) in [6, 6.07) is 0. The van der Waals surface area contributed by atoms with Gasteiger partial charge in [-0.25, -0.2) is 4.91 Å². The zero-order valence-electron chi connectivity index (χ0n) is 11.5. The largest absolute Gasteiger partial charge is 1.00 e. The SMILES string of the molecule is [B-][P+](C)(C)[C-]([Si](C)(C)C)[Si](C)(C)C.[Na+]. The maximum atomic E-state index is 6.40. The van der Waals surface area contributed by atoms with Crippen molar-refractivity contribution in [2.24, 2.45) is 0 Å². The molecular weight excluding hydrogens is 229 g/mol. The fourth-order valence-electron chi connectivity index (χ4n) is 2.85. The van der Waals surface area contributed by atoms with Gasteiger partial charge in [-0.15, -0.1) is 0 Å². The van der Waals surface area contributed by atoms with Gasteiger partial charge in [0.15, 0.2) is 0 Å². The smallest absolute Gasteiger partial charge is 0.388 e. The average Bonchev–Trinajstić information content (AvgIpc) is 1.44. The summed E-state index contributed by atoms with van der Waals surface area (Å²) in [5.74, 6) is 0. The van der Waals surface area contributed by atoms with Crippen LogP contribution >= 0.6 is 7.14 Å². The standard InChI is InChI=1S/C9H24BPSi2.Na/c1-11(2,10)9(12(3,4)5)13(6,7)8;/h1-8H3;/q-1;+1. The second kappa shape index (κ2) is 5.51. The molecule has 0 aromatic rings. The van der Waals surface area contributed by atoms with E-state index in [4.69, 9.17) is 7.57 Å². The summed E-state index contributed by atoms with van der Waals surface area (Å²) >= 11 is 0. The topological polar surface area (TPSA) is 0 Å². The van der Waals surface area contributed by atoms with Crippen molar-refractivity contribution >= 4 is 30.9 Å². The predicted molar refractivity (Wildman–Crippen MR) is 74.5 cm³/mol. The van der Waals surface area contributed by atoms with Crippen LogP contribution in [0.3, 0.4) is 0 Å². The molecule has 77 valence electrons. The summed E-state index contributed by atoms with van der Waals surface area (Å²) in [7, 11) is 2.86. The first-order valence-corrected chi connectivity index (χ1v) is 14.6. The monoisotopic (exact) mass is 253 g/mol. The first kappa shape index (κ1) is 18.3. The minimum atomic E-state index is -1.23. The first-order valence-electron chi connectivity index (χ1n) is 4.88. The Hall–Kier alpha value is 1.93. The van der Waals surface area contributed by atoms with Gasteiger partial charge in [-0.1, -0.05) is 55.4 Å². The molecule has 0 aliphatic rings. The van der Waals surface area contributed by atoms with Crippen LogP contribution in [0.2, 0.25) is 39.3 Å². The minimum Gasteiger partial charge on any atom is -0.388 e. The van der Waals surface area contributed by atoms with Gasteiger partial charge in [0.2, 0.25) is 0 Å². The van der Waals surface area contributed by atoms with E-state index in [2.05, 4.69) is 52.6 Å². The van der Waals surface area contributed by atoms with Crippen LogP contribution in [0.5, 0.6) is 0 Å². The van der Waals surface area contributed by atoms with Crippen molar-refractivity contribution < 1.29 is 29.6 Å². The fourth-order valence-corrected chi connectivity index (χ4v) is 25.7. The molecule has 5 heteroatoms. The summed E-state index contributed by atoms with van der Waals surface area (Å²) in [5, 5.41) is 0. The van der Waals surface area contributed by atoms with Gasteiger partial charge in [-0.05, 0) is 13.3 Å². The molecule has 0 saturated carbocycles. The maximum absolute atomic E-state index is 6.40. The van der Waals surface area contributed by atoms with Gasteiger partial charge in [0.1, 0.15) is 0 Å². The number of rotatable bonds is 3. The van der Waals surface area contributed by atoms with E-state index >= 15 is 0 Å². The summed E-state index contributed by atoms with van der Waals surface area (Å²) in [4.78, 5) is 1.81. The van der Waals surface area contributed by atoms with Crippen LogP contribution < -0.4 is 29.6 Å². The quantitative estimate of drug-likeness (QED) is 0.393. The summed E-state index contributed by atoms with van der Waals surface area (Å²) in [6.07, 6.45) is 0. The second-order valence-corrected chi connectivity index (χ2v) is 21.3. The molecule has 0 spiro atoms. The van der Waals surface area contributed by atoms with Crippen LogP contribution in [0.25, 0.3) is 0 Å². The summed E-state index contributed by atoms with van der Waals surface area (Å²) < 4.78 is 0. The van der Waals surface area contributed by atoms with Crippen molar-refractivity contribution in [2.75, 3.05) is 13.3 Å². The third-order valence-corrected chi connectivity index (χ3v) is 18.0. The van der Waals surface area contributed by atoms with Crippen molar-refractivity contribution in [3.63, 3.8) is 0 Å². The molecule has 0 N–H and O–H groups in total. The van der Waals surface area contributed by atoms with E-state index in [1.807, 2.05) is 4.91 Å². The second-order valence-electron chi connectivity index (χ2n) is 6.39. The van der Waals surface area contributed by atoms with Crippen molar-refractivity contribution in [3.05, 3.63) is 4.91 Å². The summed E-state index contributed by atoms with van der Waals surface area (Å²) in [6.45, 7) is 19.2. The van der Waals surface area contributed by atoms with Crippen molar-refractivity contribution in [2.45, 2.75) is 39.3 Å². The van der Waals surface area contributed by atoms with E-state index in [-0.39, 0.29) is 29.6 Å². The normalized spacial score (nSPS) is 14.1. The van der Waals surface area contributed by atoms with E-state index in [1.165, 1.54) is 0 Å². The van der Waals surface area contributed by atoms with Gasteiger partial charge in [0.05, 0.1) is 0 Å². The molecule has 0 aromatic heterocycles. The molecule has 0 amide bonds. The molecule has 0 aliphatic heterocycles. The Balaban J connectivity index is 0. The van der Waals surface area contributed by atoms with Crippen LogP contribution in [0.15, 0.2) is 0 Å². The Labute approximate surface area is 117 Å².